The van der Waals surface area contributed by atoms with Crippen molar-refractivity contribution in [3.8, 4) is 6.07 Å². The Bertz CT molecular complexity index is 422. The van der Waals surface area contributed by atoms with Crippen molar-refractivity contribution in [2.45, 2.75) is 23.8 Å². The van der Waals surface area contributed by atoms with Crippen LogP contribution in [0.15, 0.2) is 23.1 Å². The van der Waals surface area contributed by atoms with E-state index in [0.29, 0.717) is 6.04 Å². The Morgan fingerprint density at radius 3 is 3.06 bits per heavy atom. The molecule has 17 heavy (non-hydrogen) atoms. The number of thioether (sulfide) groups is 1. The van der Waals surface area contributed by atoms with Crippen LogP contribution < -0.4 is 5.32 Å². The fraction of sp³-hybridized carbons (Fsp3) is 0.462. The molecule has 90 valence electrons. The van der Waals surface area contributed by atoms with Crippen molar-refractivity contribution in [2.24, 2.45) is 0 Å². The summed E-state index contributed by atoms with van der Waals surface area (Å²) in [5, 5.41) is 12.6. The van der Waals surface area contributed by atoms with Crippen molar-refractivity contribution in [3.63, 3.8) is 0 Å². The number of rotatable bonds is 3. The Morgan fingerprint density at radius 2 is 2.41 bits per heavy atom. The second-order valence-electron chi connectivity index (χ2n) is 4.05. The van der Waals surface area contributed by atoms with Gasteiger partial charge in [-0.25, -0.2) is 0 Å². The minimum atomic E-state index is 0.327. The van der Waals surface area contributed by atoms with E-state index in [-0.39, 0.29) is 0 Å². The molecular formula is C13H16N2OS. The van der Waals surface area contributed by atoms with Gasteiger partial charge in [0.25, 0.3) is 0 Å². The third-order valence-electron chi connectivity index (χ3n) is 2.88. The lowest BCUT2D eigenvalue weighted by atomic mass is 10.1. The van der Waals surface area contributed by atoms with Gasteiger partial charge in [0.1, 0.15) is 6.07 Å². The highest BCUT2D eigenvalue weighted by Gasteiger charge is 2.15. The van der Waals surface area contributed by atoms with Crippen molar-refractivity contribution in [1.29, 1.82) is 5.26 Å². The van der Waals surface area contributed by atoms with Crippen LogP contribution in [0, 0.1) is 11.3 Å². The molecule has 1 unspecified atom stereocenters. The highest BCUT2D eigenvalue weighted by atomic mass is 32.2. The monoisotopic (exact) mass is 248 g/mol. The van der Waals surface area contributed by atoms with E-state index < -0.39 is 0 Å². The summed E-state index contributed by atoms with van der Waals surface area (Å²) < 4.78 is 5.43. The summed E-state index contributed by atoms with van der Waals surface area (Å²) >= 11 is 1.60. The van der Waals surface area contributed by atoms with Gasteiger partial charge in [-0.1, -0.05) is 6.07 Å². The average Bonchev–Trinajstić information content (AvgIpc) is 2.39. The Morgan fingerprint density at radius 1 is 1.53 bits per heavy atom. The highest BCUT2D eigenvalue weighted by Crippen LogP contribution is 2.27. The van der Waals surface area contributed by atoms with Gasteiger partial charge >= 0.3 is 0 Å². The highest BCUT2D eigenvalue weighted by molar-refractivity contribution is 7.98. The third kappa shape index (κ3) is 2.93. The number of nitrogens with zero attached hydrogens (tertiary/aromatic N) is 1. The Labute approximate surface area is 106 Å². The third-order valence-corrected chi connectivity index (χ3v) is 3.66. The Kier molecular flexibility index (Phi) is 4.29. The SMILES string of the molecule is CSc1cccc(NC2CCCOC2)c1C#N. The summed E-state index contributed by atoms with van der Waals surface area (Å²) in [6.07, 6.45) is 4.18. The van der Waals surface area contributed by atoms with Crippen LogP contribution in [0.3, 0.4) is 0 Å². The van der Waals surface area contributed by atoms with E-state index in [2.05, 4.69) is 11.4 Å². The number of ether oxygens (including phenoxy) is 1. The molecule has 0 aromatic heterocycles. The van der Waals surface area contributed by atoms with Gasteiger partial charge in [0.05, 0.1) is 17.9 Å². The fourth-order valence-corrected chi connectivity index (χ4v) is 2.59. The Balaban J connectivity index is 2.17. The molecule has 4 heteroatoms. The van der Waals surface area contributed by atoms with Gasteiger partial charge in [-0.05, 0) is 31.2 Å². The zero-order valence-electron chi connectivity index (χ0n) is 9.90. The van der Waals surface area contributed by atoms with Crippen molar-refractivity contribution in [3.05, 3.63) is 23.8 Å². The van der Waals surface area contributed by atoms with E-state index in [1.165, 1.54) is 0 Å². The molecule has 1 atom stereocenters. The quantitative estimate of drug-likeness (QED) is 0.835. The van der Waals surface area contributed by atoms with Crippen molar-refractivity contribution in [2.75, 3.05) is 24.8 Å². The van der Waals surface area contributed by atoms with Crippen LogP contribution in [0.2, 0.25) is 0 Å². The molecule has 2 rings (SSSR count). The average molecular weight is 248 g/mol. The summed E-state index contributed by atoms with van der Waals surface area (Å²) in [5.41, 5.74) is 1.67. The second-order valence-corrected chi connectivity index (χ2v) is 4.90. The van der Waals surface area contributed by atoms with Crippen LogP contribution >= 0.6 is 11.8 Å². The molecule has 1 aliphatic heterocycles. The van der Waals surface area contributed by atoms with Gasteiger partial charge in [-0.2, -0.15) is 5.26 Å². The molecule has 0 radical (unpaired) electrons. The smallest absolute Gasteiger partial charge is 0.102 e. The van der Waals surface area contributed by atoms with E-state index in [4.69, 9.17) is 4.74 Å². The molecule has 1 N–H and O–H groups in total. The molecule has 0 amide bonds. The van der Waals surface area contributed by atoms with Crippen LogP contribution in [0.5, 0.6) is 0 Å². The maximum absolute atomic E-state index is 9.23. The molecule has 1 aromatic rings. The van der Waals surface area contributed by atoms with E-state index in [1.807, 2.05) is 24.5 Å². The lowest BCUT2D eigenvalue weighted by Gasteiger charge is -2.24. The minimum absolute atomic E-state index is 0.327. The zero-order valence-corrected chi connectivity index (χ0v) is 10.7. The summed E-state index contributed by atoms with van der Waals surface area (Å²) in [6.45, 7) is 1.59. The lowest BCUT2D eigenvalue weighted by molar-refractivity contribution is 0.0876. The van der Waals surface area contributed by atoms with Crippen LogP contribution in [0.1, 0.15) is 18.4 Å². The maximum Gasteiger partial charge on any atom is 0.102 e. The van der Waals surface area contributed by atoms with E-state index in [1.54, 1.807) is 11.8 Å². The number of hydrogen-bond acceptors (Lipinski definition) is 4. The van der Waals surface area contributed by atoms with Gasteiger partial charge < -0.3 is 10.1 Å². The maximum atomic E-state index is 9.23. The van der Waals surface area contributed by atoms with Crippen molar-refractivity contribution < 1.29 is 4.74 Å². The largest absolute Gasteiger partial charge is 0.379 e. The molecule has 0 aliphatic carbocycles. The first-order chi connectivity index (χ1) is 8.35. The number of nitriles is 1. The predicted octanol–water partition coefficient (Wildman–Crippen LogP) is 2.87. The number of nitrogens with one attached hydrogen (secondary N) is 1. The fourth-order valence-electron chi connectivity index (χ4n) is 2.01. The molecule has 0 bridgehead atoms. The van der Waals surface area contributed by atoms with E-state index in [9.17, 15) is 5.26 Å². The van der Waals surface area contributed by atoms with Gasteiger partial charge in [0, 0.05) is 17.5 Å². The molecule has 1 aromatic carbocycles. The molecule has 1 heterocycles. The molecule has 0 saturated carbocycles. The number of hydrogen-bond donors (Lipinski definition) is 1. The molecular weight excluding hydrogens is 232 g/mol. The van der Waals surface area contributed by atoms with Crippen LogP contribution in [-0.4, -0.2) is 25.5 Å². The second kappa shape index (κ2) is 5.95. The van der Waals surface area contributed by atoms with E-state index >= 15 is 0 Å². The number of anilines is 1. The zero-order chi connectivity index (χ0) is 12.1. The minimum Gasteiger partial charge on any atom is -0.379 e. The topological polar surface area (TPSA) is 45.0 Å². The summed E-state index contributed by atoms with van der Waals surface area (Å²) in [7, 11) is 0. The molecule has 0 spiro atoms. The Hall–Kier alpha value is -1.18. The van der Waals surface area contributed by atoms with Gasteiger partial charge in [-0.15, -0.1) is 11.8 Å². The summed E-state index contributed by atoms with van der Waals surface area (Å²) in [5.74, 6) is 0. The summed E-state index contributed by atoms with van der Waals surface area (Å²) in [4.78, 5) is 1.02. The van der Waals surface area contributed by atoms with Gasteiger partial charge in [-0.3, -0.25) is 0 Å². The lowest BCUT2D eigenvalue weighted by Crippen LogP contribution is -2.30. The van der Waals surface area contributed by atoms with Crippen LogP contribution in [-0.2, 0) is 4.74 Å². The van der Waals surface area contributed by atoms with Gasteiger partial charge in [0.15, 0.2) is 0 Å². The first kappa shape index (κ1) is 12.3. The molecule has 1 saturated heterocycles. The predicted molar refractivity (Wildman–Crippen MR) is 70.4 cm³/mol. The summed E-state index contributed by atoms with van der Waals surface area (Å²) in [6, 6.07) is 8.54. The van der Waals surface area contributed by atoms with Crippen LogP contribution in [0.25, 0.3) is 0 Å². The van der Waals surface area contributed by atoms with E-state index in [0.717, 1.165) is 42.2 Å². The molecule has 3 nitrogen and oxygen atoms in total. The molecule has 1 aliphatic rings. The normalized spacial score (nSPS) is 19.6. The molecule has 1 fully saturated rings. The first-order valence-corrected chi connectivity index (χ1v) is 6.99. The first-order valence-electron chi connectivity index (χ1n) is 5.76. The van der Waals surface area contributed by atoms with Crippen molar-refractivity contribution >= 4 is 17.4 Å². The standard InChI is InChI=1S/C13H16N2OS/c1-17-13-6-2-5-12(11(13)8-14)15-10-4-3-7-16-9-10/h2,5-6,10,15H,3-4,7,9H2,1H3. The number of benzene rings is 1. The van der Waals surface area contributed by atoms with Crippen molar-refractivity contribution in [1.82, 2.24) is 0 Å². The van der Waals surface area contributed by atoms with Crippen LogP contribution in [0.4, 0.5) is 5.69 Å². The van der Waals surface area contributed by atoms with Gasteiger partial charge in [0.2, 0.25) is 0 Å².